The minimum atomic E-state index is 0.854. The van der Waals surface area contributed by atoms with Crippen molar-refractivity contribution in [2.75, 3.05) is 26.2 Å². The summed E-state index contributed by atoms with van der Waals surface area (Å²) in [7, 11) is 0. The van der Waals surface area contributed by atoms with E-state index >= 15 is 0 Å². The van der Waals surface area contributed by atoms with E-state index in [0.29, 0.717) is 0 Å². The number of nitrogens with one attached hydrogen (secondary N) is 1. The van der Waals surface area contributed by atoms with Gasteiger partial charge in [-0.05, 0) is 81.7 Å². The van der Waals surface area contributed by atoms with Gasteiger partial charge < -0.3 is 5.32 Å². The molecule has 0 spiro atoms. The van der Waals surface area contributed by atoms with Crippen molar-refractivity contribution in [3.8, 4) is 0 Å². The zero-order valence-corrected chi connectivity index (χ0v) is 13.8. The topological polar surface area (TPSA) is 15.3 Å². The largest absolute Gasteiger partial charge is 0.316 e. The number of nitrogens with zero attached hydrogens (tertiary/aromatic N) is 1. The molecule has 3 rings (SSSR count). The average molecular weight is 298 g/mol. The summed E-state index contributed by atoms with van der Waals surface area (Å²) in [6.07, 6.45) is 12.4. The smallest absolute Gasteiger partial charge is 0.0233 e. The molecule has 0 radical (unpaired) electrons. The Hall–Kier alpha value is -1.12. The number of likely N-dealkylation sites (tertiary alicyclic amines) is 1. The lowest BCUT2D eigenvalue weighted by atomic mass is 9.94. The van der Waals surface area contributed by atoms with Crippen LogP contribution in [-0.4, -0.2) is 31.1 Å². The van der Waals surface area contributed by atoms with Crippen LogP contribution in [0.25, 0.3) is 0 Å². The summed E-state index contributed by atoms with van der Waals surface area (Å²) in [5.74, 6) is 0.854. The highest BCUT2D eigenvalue weighted by atomic mass is 15.1. The minimum Gasteiger partial charge on any atom is -0.316 e. The standard InChI is InChI=1S/C20H30N2/c1-2-6-19(7-3-1)16-21-13-12-18-8-10-20(11-9-18)17-22-14-4-5-15-22/h1-2,8-11,19,21H,3-7,12-17H2. The first-order valence-corrected chi connectivity index (χ1v) is 9.06. The van der Waals surface area contributed by atoms with E-state index in [-0.39, 0.29) is 0 Å². The van der Waals surface area contributed by atoms with Crippen LogP contribution in [-0.2, 0) is 13.0 Å². The highest BCUT2D eigenvalue weighted by molar-refractivity contribution is 5.22. The van der Waals surface area contributed by atoms with Gasteiger partial charge in [0, 0.05) is 6.54 Å². The third-order valence-electron chi connectivity index (χ3n) is 5.03. The van der Waals surface area contributed by atoms with Crippen molar-refractivity contribution in [1.82, 2.24) is 10.2 Å². The molecule has 2 heteroatoms. The van der Waals surface area contributed by atoms with Gasteiger partial charge >= 0.3 is 0 Å². The van der Waals surface area contributed by atoms with E-state index in [1.54, 1.807) is 0 Å². The van der Waals surface area contributed by atoms with E-state index in [0.717, 1.165) is 25.4 Å². The van der Waals surface area contributed by atoms with Gasteiger partial charge in [-0.15, -0.1) is 0 Å². The van der Waals surface area contributed by atoms with Crippen LogP contribution in [0.3, 0.4) is 0 Å². The Balaban J connectivity index is 1.34. The van der Waals surface area contributed by atoms with Crippen LogP contribution < -0.4 is 5.32 Å². The molecule has 1 aromatic carbocycles. The summed E-state index contributed by atoms with van der Waals surface area (Å²) >= 11 is 0. The minimum absolute atomic E-state index is 0.854. The molecule has 0 bridgehead atoms. The van der Waals surface area contributed by atoms with E-state index in [4.69, 9.17) is 0 Å². The average Bonchev–Trinajstić information content (AvgIpc) is 3.07. The van der Waals surface area contributed by atoms with Crippen molar-refractivity contribution in [2.24, 2.45) is 5.92 Å². The van der Waals surface area contributed by atoms with Crippen molar-refractivity contribution < 1.29 is 0 Å². The Morgan fingerprint density at radius 2 is 1.77 bits per heavy atom. The lowest BCUT2D eigenvalue weighted by Gasteiger charge is -2.18. The number of benzene rings is 1. The summed E-state index contributed by atoms with van der Waals surface area (Å²) in [6.45, 7) is 5.97. The highest BCUT2D eigenvalue weighted by Gasteiger charge is 2.11. The number of rotatable bonds is 7. The van der Waals surface area contributed by atoms with Crippen molar-refractivity contribution in [3.05, 3.63) is 47.5 Å². The molecule has 1 atom stereocenters. The first-order chi connectivity index (χ1) is 10.9. The first-order valence-electron chi connectivity index (χ1n) is 9.06. The van der Waals surface area contributed by atoms with E-state index in [9.17, 15) is 0 Å². The second-order valence-electron chi connectivity index (χ2n) is 6.90. The fourth-order valence-electron chi connectivity index (χ4n) is 3.59. The molecule has 1 saturated heterocycles. The Kier molecular flexibility index (Phi) is 6.09. The molecule has 1 N–H and O–H groups in total. The fourth-order valence-corrected chi connectivity index (χ4v) is 3.59. The molecule has 1 aliphatic carbocycles. The molecule has 0 saturated carbocycles. The first kappa shape index (κ1) is 15.8. The van der Waals surface area contributed by atoms with Crippen LogP contribution in [0, 0.1) is 5.92 Å². The molecule has 120 valence electrons. The maximum absolute atomic E-state index is 3.63. The van der Waals surface area contributed by atoms with E-state index in [1.165, 1.54) is 62.9 Å². The third-order valence-corrected chi connectivity index (χ3v) is 5.03. The van der Waals surface area contributed by atoms with Crippen LogP contribution in [0.1, 0.15) is 43.2 Å². The molecule has 1 fully saturated rings. The van der Waals surface area contributed by atoms with Gasteiger partial charge in [-0.2, -0.15) is 0 Å². The lowest BCUT2D eigenvalue weighted by Crippen LogP contribution is -2.25. The molecule has 1 aromatic rings. The van der Waals surface area contributed by atoms with Crippen LogP contribution in [0.2, 0.25) is 0 Å². The second kappa shape index (κ2) is 8.50. The van der Waals surface area contributed by atoms with Gasteiger partial charge in [0.05, 0.1) is 0 Å². The monoisotopic (exact) mass is 298 g/mol. The molecule has 0 aromatic heterocycles. The van der Waals surface area contributed by atoms with Gasteiger partial charge in [0.1, 0.15) is 0 Å². The van der Waals surface area contributed by atoms with Gasteiger partial charge in [0.2, 0.25) is 0 Å². The van der Waals surface area contributed by atoms with Gasteiger partial charge in [-0.25, -0.2) is 0 Å². The van der Waals surface area contributed by atoms with Gasteiger partial charge in [0.15, 0.2) is 0 Å². The molecule has 2 aliphatic rings. The quantitative estimate of drug-likeness (QED) is 0.609. The summed E-state index contributed by atoms with van der Waals surface area (Å²) in [5, 5.41) is 3.63. The molecule has 1 unspecified atom stereocenters. The summed E-state index contributed by atoms with van der Waals surface area (Å²) < 4.78 is 0. The highest BCUT2D eigenvalue weighted by Crippen LogP contribution is 2.17. The second-order valence-corrected chi connectivity index (χ2v) is 6.90. The normalized spacial score (nSPS) is 22.3. The third kappa shape index (κ3) is 4.96. The Morgan fingerprint density at radius 1 is 1.00 bits per heavy atom. The maximum Gasteiger partial charge on any atom is 0.0233 e. The summed E-state index contributed by atoms with van der Waals surface area (Å²) in [4.78, 5) is 2.56. The van der Waals surface area contributed by atoms with Crippen molar-refractivity contribution in [2.45, 2.75) is 45.1 Å². The van der Waals surface area contributed by atoms with E-state index in [2.05, 4.69) is 46.6 Å². The van der Waals surface area contributed by atoms with Gasteiger partial charge in [0.25, 0.3) is 0 Å². The number of allylic oxidation sites excluding steroid dienone is 2. The van der Waals surface area contributed by atoms with Crippen molar-refractivity contribution >= 4 is 0 Å². The van der Waals surface area contributed by atoms with Gasteiger partial charge in [-0.1, -0.05) is 36.4 Å². The zero-order valence-electron chi connectivity index (χ0n) is 13.8. The summed E-state index contributed by atoms with van der Waals surface area (Å²) in [5.41, 5.74) is 2.92. The van der Waals surface area contributed by atoms with Crippen molar-refractivity contribution in [1.29, 1.82) is 0 Å². The zero-order chi connectivity index (χ0) is 15.0. The predicted octanol–water partition coefficient (Wildman–Crippen LogP) is 3.77. The molecular weight excluding hydrogens is 268 g/mol. The van der Waals surface area contributed by atoms with Crippen molar-refractivity contribution in [3.63, 3.8) is 0 Å². The molecule has 1 heterocycles. The molecular formula is C20H30N2. The molecule has 1 aliphatic heterocycles. The van der Waals surface area contributed by atoms with Crippen LogP contribution >= 0.6 is 0 Å². The maximum atomic E-state index is 3.63. The van der Waals surface area contributed by atoms with Gasteiger partial charge in [-0.3, -0.25) is 4.90 Å². The Labute approximate surface area is 135 Å². The fraction of sp³-hybridized carbons (Fsp3) is 0.600. The van der Waals surface area contributed by atoms with E-state index < -0.39 is 0 Å². The number of hydrogen-bond acceptors (Lipinski definition) is 2. The van der Waals surface area contributed by atoms with Crippen LogP contribution in [0.5, 0.6) is 0 Å². The number of hydrogen-bond donors (Lipinski definition) is 1. The Bertz CT molecular complexity index is 457. The predicted molar refractivity (Wildman–Crippen MR) is 94.0 cm³/mol. The SMILES string of the molecule is C1=CCC(CNCCc2ccc(CN3CCCC3)cc2)CC1. The molecule has 2 nitrogen and oxygen atoms in total. The summed E-state index contributed by atoms with van der Waals surface area (Å²) in [6, 6.07) is 9.27. The van der Waals surface area contributed by atoms with Crippen LogP contribution in [0.15, 0.2) is 36.4 Å². The molecule has 0 amide bonds. The van der Waals surface area contributed by atoms with Crippen LogP contribution in [0.4, 0.5) is 0 Å². The molecule has 22 heavy (non-hydrogen) atoms. The Morgan fingerprint density at radius 3 is 2.50 bits per heavy atom. The lowest BCUT2D eigenvalue weighted by molar-refractivity contribution is 0.331. The van der Waals surface area contributed by atoms with E-state index in [1.807, 2.05) is 0 Å².